The summed E-state index contributed by atoms with van der Waals surface area (Å²) >= 11 is 0. The number of aliphatic hydroxyl groups excluding tert-OH is 1. The molecule has 1 fully saturated rings. The Morgan fingerprint density at radius 1 is 1.12 bits per heavy atom. The Balaban J connectivity index is 1.67. The van der Waals surface area contributed by atoms with Crippen LogP contribution in [0, 0.1) is 0 Å². The van der Waals surface area contributed by atoms with E-state index in [-0.39, 0.29) is 12.5 Å². The lowest BCUT2D eigenvalue weighted by Crippen LogP contribution is -2.36. The van der Waals surface area contributed by atoms with Gasteiger partial charge in [0.25, 0.3) is 0 Å². The second kappa shape index (κ2) is 8.45. The summed E-state index contributed by atoms with van der Waals surface area (Å²) in [7, 11) is 0. The van der Waals surface area contributed by atoms with E-state index in [1.807, 2.05) is 6.92 Å². The first-order chi connectivity index (χ1) is 12.2. The lowest BCUT2D eigenvalue weighted by atomic mass is 10.0. The molecule has 0 aromatic heterocycles. The molecule has 1 aliphatic rings. The SMILES string of the molecule is CCN(CCO)C(=O)CCN(Cc1cccc2ccccc12)C1CC1. The smallest absolute Gasteiger partial charge is 0.223 e. The number of aliphatic hydroxyl groups is 1. The molecule has 2 aromatic carbocycles. The number of rotatable bonds is 9. The van der Waals surface area contributed by atoms with Gasteiger partial charge in [-0.1, -0.05) is 42.5 Å². The lowest BCUT2D eigenvalue weighted by Gasteiger charge is -2.25. The van der Waals surface area contributed by atoms with Gasteiger partial charge in [-0.05, 0) is 36.1 Å². The molecule has 25 heavy (non-hydrogen) atoms. The summed E-state index contributed by atoms with van der Waals surface area (Å²) in [5, 5.41) is 11.7. The van der Waals surface area contributed by atoms with Crippen LogP contribution in [0.1, 0.15) is 31.7 Å². The van der Waals surface area contributed by atoms with Gasteiger partial charge in [-0.2, -0.15) is 0 Å². The molecule has 0 spiro atoms. The molecule has 2 aromatic rings. The van der Waals surface area contributed by atoms with E-state index in [4.69, 9.17) is 5.11 Å². The van der Waals surface area contributed by atoms with E-state index in [0.29, 0.717) is 25.6 Å². The third-order valence-electron chi connectivity index (χ3n) is 5.03. The number of hydrogen-bond acceptors (Lipinski definition) is 3. The minimum Gasteiger partial charge on any atom is -0.395 e. The molecular weight excluding hydrogens is 312 g/mol. The molecule has 134 valence electrons. The van der Waals surface area contributed by atoms with E-state index < -0.39 is 0 Å². The summed E-state index contributed by atoms with van der Waals surface area (Å²) in [6, 6.07) is 15.6. The zero-order chi connectivity index (χ0) is 17.6. The zero-order valence-electron chi connectivity index (χ0n) is 15.0. The topological polar surface area (TPSA) is 43.8 Å². The number of carbonyl (C=O) groups is 1. The van der Waals surface area contributed by atoms with Gasteiger partial charge in [-0.25, -0.2) is 0 Å². The van der Waals surface area contributed by atoms with Crippen LogP contribution in [-0.4, -0.2) is 53.1 Å². The molecule has 0 aliphatic heterocycles. The molecule has 4 heteroatoms. The van der Waals surface area contributed by atoms with Crippen LogP contribution in [0.5, 0.6) is 0 Å². The molecule has 4 nitrogen and oxygen atoms in total. The van der Waals surface area contributed by atoms with Crippen LogP contribution in [0.3, 0.4) is 0 Å². The lowest BCUT2D eigenvalue weighted by molar-refractivity contribution is -0.131. The van der Waals surface area contributed by atoms with Gasteiger partial charge in [0.2, 0.25) is 5.91 Å². The molecule has 0 unspecified atom stereocenters. The average Bonchev–Trinajstić information content (AvgIpc) is 3.48. The van der Waals surface area contributed by atoms with Crippen molar-refractivity contribution in [3.63, 3.8) is 0 Å². The van der Waals surface area contributed by atoms with Crippen molar-refractivity contribution in [1.82, 2.24) is 9.80 Å². The van der Waals surface area contributed by atoms with Crippen molar-refractivity contribution in [3.05, 3.63) is 48.0 Å². The summed E-state index contributed by atoms with van der Waals surface area (Å²) in [5.74, 6) is 0.139. The minimum atomic E-state index is 0.0297. The molecule has 0 atom stereocenters. The van der Waals surface area contributed by atoms with Crippen LogP contribution >= 0.6 is 0 Å². The number of amides is 1. The molecule has 1 amide bonds. The van der Waals surface area contributed by atoms with Crippen molar-refractivity contribution in [2.45, 2.75) is 38.8 Å². The van der Waals surface area contributed by atoms with Crippen molar-refractivity contribution < 1.29 is 9.90 Å². The maximum atomic E-state index is 12.4. The molecule has 1 saturated carbocycles. The average molecular weight is 340 g/mol. The second-order valence-electron chi connectivity index (χ2n) is 6.79. The Morgan fingerprint density at radius 3 is 2.60 bits per heavy atom. The summed E-state index contributed by atoms with van der Waals surface area (Å²) in [5.41, 5.74) is 1.33. The molecule has 0 saturated heterocycles. The first-order valence-electron chi connectivity index (χ1n) is 9.32. The Morgan fingerprint density at radius 2 is 1.88 bits per heavy atom. The first kappa shape index (κ1) is 17.9. The Hall–Kier alpha value is -1.91. The number of benzene rings is 2. The van der Waals surface area contributed by atoms with Gasteiger partial charge in [0, 0.05) is 38.6 Å². The van der Waals surface area contributed by atoms with E-state index >= 15 is 0 Å². The van der Waals surface area contributed by atoms with Crippen LogP contribution in [0.25, 0.3) is 10.8 Å². The monoisotopic (exact) mass is 340 g/mol. The van der Waals surface area contributed by atoms with Gasteiger partial charge in [0.1, 0.15) is 0 Å². The third-order valence-corrected chi connectivity index (χ3v) is 5.03. The fraction of sp³-hybridized carbons (Fsp3) is 0.476. The van der Waals surface area contributed by atoms with E-state index in [1.54, 1.807) is 4.90 Å². The van der Waals surface area contributed by atoms with Crippen molar-refractivity contribution >= 4 is 16.7 Å². The second-order valence-corrected chi connectivity index (χ2v) is 6.79. The van der Waals surface area contributed by atoms with Crippen molar-refractivity contribution in [1.29, 1.82) is 0 Å². The predicted octanol–water partition coefficient (Wildman–Crippen LogP) is 3.04. The predicted molar refractivity (Wildman–Crippen MR) is 101 cm³/mol. The van der Waals surface area contributed by atoms with Crippen LogP contribution in [0.4, 0.5) is 0 Å². The van der Waals surface area contributed by atoms with E-state index in [2.05, 4.69) is 47.4 Å². The molecule has 0 bridgehead atoms. The number of carbonyl (C=O) groups excluding carboxylic acids is 1. The molecular formula is C21H28N2O2. The van der Waals surface area contributed by atoms with E-state index in [0.717, 1.165) is 13.1 Å². The fourth-order valence-electron chi connectivity index (χ4n) is 3.46. The van der Waals surface area contributed by atoms with Gasteiger partial charge in [0.05, 0.1) is 6.61 Å². The minimum absolute atomic E-state index is 0.0297. The van der Waals surface area contributed by atoms with Crippen molar-refractivity contribution in [3.8, 4) is 0 Å². The number of nitrogens with zero attached hydrogens (tertiary/aromatic N) is 2. The summed E-state index contributed by atoms with van der Waals surface area (Å²) < 4.78 is 0. The van der Waals surface area contributed by atoms with Gasteiger partial charge in [-0.3, -0.25) is 9.69 Å². The fourth-order valence-corrected chi connectivity index (χ4v) is 3.46. The number of fused-ring (bicyclic) bond motifs is 1. The highest BCUT2D eigenvalue weighted by Crippen LogP contribution is 2.30. The standard InChI is InChI=1S/C21H28N2O2/c1-2-22(14-15-24)21(25)12-13-23(19-10-11-19)16-18-8-5-7-17-6-3-4-9-20(17)18/h3-9,19,24H,2,10-16H2,1H3. The molecule has 1 N–H and O–H groups in total. The van der Waals surface area contributed by atoms with Crippen LogP contribution in [0.2, 0.25) is 0 Å². The summed E-state index contributed by atoms with van der Waals surface area (Å²) in [4.78, 5) is 16.6. The van der Waals surface area contributed by atoms with Crippen LogP contribution in [-0.2, 0) is 11.3 Å². The normalized spacial score (nSPS) is 14.2. The molecule has 0 heterocycles. The summed E-state index contributed by atoms with van der Waals surface area (Å²) in [6.07, 6.45) is 2.98. The largest absolute Gasteiger partial charge is 0.395 e. The number of likely N-dealkylation sites (N-methyl/N-ethyl adjacent to an activating group) is 1. The summed E-state index contributed by atoms with van der Waals surface area (Å²) in [6.45, 7) is 4.76. The highest BCUT2D eigenvalue weighted by molar-refractivity contribution is 5.85. The van der Waals surface area contributed by atoms with Gasteiger partial charge in [-0.15, -0.1) is 0 Å². The molecule has 0 radical (unpaired) electrons. The van der Waals surface area contributed by atoms with Gasteiger partial charge in [0.15, 0.2) is 0 Å². The van der Waals surface area contributed by atoms with Crippen LogP contribution < -0.4 is 0 Å². The van der Waals surface area contributed by atoms with Crippen LogP contribution in [0.15, 0.2) is 42.5 Å². The maximum Gasteiger partial charge on any atom is 0.223 e. The Bertz CT molecular complexity index is 707. The van der Waals surface area contributed by atoms with Crippen molar-refractivity contribution in [2.24, 2.45) is 0 Å². The number of hydrogen-bond donors (Lipinski definition) is 1. The quantitative estimate of drug-likeness (QED) is 0.763. The zero-order valence-corrected chi connectivity index (χ0v) is 15.0. The highest BCUT2D eigenvalue weighted by atomic mass is 16.3. The molecule has 3 rings (SSSR count). The third kappa shape index (κ3) is 4.59. The van der Waals surface area contributed by atoms with Gasteiger partial charge < -0.3 is 10.0 Å². The van der Waals surface area contributed by atoms with Crippen molar-refractivity contribution in [2.75, 3.05) is 26.2 Å². The van der Waals surface area contributed by atoms with E-state index in [1.165, 1.54) is 29.2 Å². The van der Waals surface area contributed by atoms with Gasteiger partial charge >= 0.3 is 0 Å². The molecule has 1 aliphatic carbocycles. The Labute approximate surface area is 150 Å². The highest BCUT2D eigenvalue weighted by Gasteiger charge is 2.29. The maximum absolute atomic E-state index is 12.4. The van der Waals surface area contributed by atoms with E-state index in [9.17, 15) is 4.79 Å². The Kier molecular flexibility index (Phi) is 6.05. The first-order valence-corrected chi connectivity index (χ1v) is 9.32.